The van der Waals surface area contributed by atoms with E-state index in [1.54, 1.807) is 4.52 Å². The first kappa shape index (κ1) is 23.3. The molecule has 1 aliphatic rings. The largest absolute Gasteiger partial charge is 0.355 e. The van der Waals surface area contributed by atoms with Crippen LogP contribution in [0.5, 0.6) is 0 Å². The quantitative estimate of drug-likeness (QED) is 0.408. The van der Waals surface area contributed by atoms with Crippen LogP contribution in [0.3, 0.4) is 0 Å². The lowest BCUT2D eigenvalue weighted by molar-refractivity contribution is -0.126. The van der Waals surface area contributed by atoms with Crippen LogP contribution in [-0.2, 0) is 11.2 Å². The van der Waals surface area contributed by atoms with E-state index >= 15 is 0 Å². The molecule has 2 aromatic heterocycles. The maximum Gasteiger partial charge on any atom is 0.223 e. The first-order chi connectivity index (χ1) is 17.0. The van der Waals surface area contributed by atoms with Crippen molar-refractivity contribution in [2.75, 3.05) is 18.0 Å². The van der Waals surface area contributed by atoms with E-state index in [0.717, 1.165) is 49.3 Å². The van der Waals surface area contributed by atoms with Crippen molar-refractivity contribution in [3.63, 3.8) is 0 Å². The highest BCUT2D eigenvalue weighted by Crippen LogP contribution is 2.25. The molecule has 0 spiro atoms. The molecule has 0 saturated carbocycles. The van der Waals surface area contributed by atoms with E-state index in [2.05, 4.69) is 51.6 Å². The lowest BCUT2D eigenvalue weighted by Gasteiger charge is -2.32. The van der Waals surface area contributed by atoms with Crippen molar-refractivity contribution >= 4 is 29.0 Å². The minimum atomic E-state index is -0.00413. The highest BCUT2D eigenvalue weighted by Gasteiger charge is 2.27. The molecule has 1 amide bonds. The minimum absolute atomic E-state index is 0.00413. The number of aryl methyl sites for hydroxylation is 1. The third kappa shape index (κ3) is 5.00. The zero-order chi connectivity index (χ0) is 24.4. The number of rotatable bonds is 6. The van der Waals surface area contributed by atoms with Crippen LogP contribution < -0.4 is 10.2 Å². The van der Waals surface area contributed by atoms with Gasteiger partial charge >= 0.3 is 0 Å². The normalized spacial score (nSPS) is 15.3. The third-order valence-corrected chi connectivity index (χ3v) is 7.04. The van der Waals surface area contributed by atoms with Crippen molar-refractivity contribution < 1.29 is 4.79 Å². The lowest BCUT2D eigenvalue weighted by atomic mass is 9.95. The number of aromatic nitrogens is 4. The maximum atomic E-state index is 12.9. The van der Waals surface area contributed by atoms with E-state index in [9.17, 15) is 4.79 Å². The Balaban J connectivity index is 1.23. The lowest BCUT2D eigenvalue weighted by Crippen LogP contribution is -2.41. The van der Waals surface area contributed by atoms with Gasteiger partial charge in [0.25, 0.3) is 0 Å². The summed E-state index contributed by atoms with van der Waals surface area (Å²) in [5, 5.41) is 17.3. The maximum absolute atomic E-state index is 12.9. The first-order valence-electron chi connectivity index (χ1n) is 12.1. The molecule has 1 atom stereocenters. The van der Waals surface area contributed by atoms with Crippen LogP contribution in [0.4, 0.5) is 5.82 Å². The zero-order valence-corrected chi connectivity index (χ0v) is 20.7. The molecule has 0 radical (unpaired) electrons. The van der Waals surface area contributed by atoms with Crippen molar-refractivity contribution in [1.29, 1.82) is 0 Å². The average molecular weight is 489 g/mol. The summed E-state index contributed by atoms with van der Waals surface area (Å²) in [6.07, 6.45) is 2.60. The fraction of sp³-hybridized carbons (Fsp3) is 0.333. The number of amides is 1. The molecule has 4 aromatic rings. The third-order valence-electron chi connectivity index (χ3n) is 6.79. The topological polar surface area (TPSA) is 75.4 Å². The number of nitrogens with one attached hydrogen (secondary N) is 1. The Bertz CT molecular complexity index is 1310. The van der Waals surface area contributed by atoms with E-state index in [4.69, 9.17) is 16.7 Å². The number of anilines is 1. The summed E-state index contributed by atoms with van der Waals surface area (Å²) in [5.74, 6) is 1.67. The van der Waals surface area contributed by atoms with Gasteiger partial charge in [0.2, 0.25) is 5.91 Å². The Morgan fingerprint density at radius 3 is 2.43 bits per heavy atom. The van der Waals surface area contributed by atoms with Crippen molar-refractivity contribution in [3.8, 4) is 11.4 Å². The Labute approximate surface area is 210 Å². The fourth-order valence-electron chi connectivity index (χ4n) is 4.55. The number of piperidine rings is 1. The number of fused-ring (bicyclic) bond motifs is 1. The molecule has 7 nitrogen and oxygen atoms in total. The standard InChI is InChI=1S/C27H29ClN6O/c1-3-19-4-6-20(7-5-19)18(2)29-27(35)22-14-16-33(17-15-22)25-13-12-24-30-31-26(34(24)32-25)21-8-10-23(28)11-9-21/h4-13,18,22H,3,14-17H2,1-2H3,(H,29,35). The molecule has 0 bridgehead atoms. The summed E-state index contributed by atoms with van der Waals surface area (Å²) < 4.78 is 1.77. The van der Waals surface area contributed by atoms with Gasteiger partial charge in [-0.3, -0.25) is 4.79 Å². The number of hydrogen-bond donors (Lipinski definition) is 1. The average Bonchev–Trinajstić information content (AvgIpc) is 3.32. The van der Waals surface area contributed by atoms with Gasteiger partial charge in [0, 0.05) is 29.6 Å². The Morgan fingerprint density at radius 2 is 1.74 bits per heavy atom. The molecule has 35 heavy (non-hydrogen) atoms. The van der Waals surface area contributed by atoms with Crippen LogP contribution in [0.2, 0.25) is 5.02 Å². The second kappa shape index (κ2) is 10.0. The number of benzene rings is 2. The molecule has 1 unspecified atom stereocenters. The monoisotopic (exact) mass is 488 g/mol. The van der Waals surface area contributed by atoms with Gasteiger partial charge in [0.15, 0.2) is 11.5 Å². The van der Waals surface area contributed by atoms with Gasteiger partial charge in [0.05, 0.1) is 6.04 Å². The predicted octanol–water partition coefficient (Wildman–Crippen LogP) is 5.10. The van der Waals surface area contributed by atoms with Gasteiger partial charge in [-0.25, -0.2) is 0 Å². The van der Waals surface area contributed by atoms with Gasteiger partial charge in [-0.1, -0.05) is 42.8 Å². The van der Waals surface area contributed by atoms with Crippen LogP contribution in [0.1, 0.15) is 43.9 Å². The van der Waals surface area contributed by atoms with E-state index in [1.807, 2.05) is 43.3 Å². The van der Waals surface area contributed by atoms with Crippen LogP contribution in [0.15, 0.2) is 60.7 Å². The number of halogens is 1. The van der Waals surface area contributed by atoms with Crippen molar-refractivity contribution in [2.24, 2.45) is 5.92 Å². The predicted molar refractivity (Wildman–Crippen MR) is 139 cm³/mol. The number of carbonyl (C=O) groups is 1. The molecule has 1 fully saturated rings. The van der Waals surface area contributed by atoms with Gasteiger partial charge in [-0.05, 0) is 73.7 Å². The Morgan fingerprint density at radius 1 is 1.03 bits per heavy atom. The summed E-state index contributed by atoms with van der Waals surface area (Å²) in [4.78, 5) is 15.2. The molecule has 2 aromatic carbocycles. The second-order valence-corrected chi connectivity index (χ2v) is 9.52. The molecule has 3 heterocycles. The summed E-state index contributed by atoms with van der Waals surface area (Å²) in [6, 6.07) is 19.9. The second-order valence-electron chi connectivity index (χ2n) is 9.08. The van der Waals surface area contributed by atoms with E-state index < -0.39 is 0 Å². The number of hydrogen-bond acceptors (Lipinski definition) is 5. The molecular weight excluding hydrogens is 460 g/mol. The smallest absolute Gasteiger partial charge is 0.223 e. The molecule has 5 rings (SSSR count). The number of nitrogens with zero attached hydrogens (tertiary/aromatic N) is 5. The van der Waals surface area contributed by atoms with Gasteiger partial charge < -0.3 is 10.2 Å². The summed E-state index contributed by atoms with van der Waals surface area (Å²) >= 11 is 6.03. The Hall–Kier alpha value is -3.45. The molecule has 1 aliphatic heterocycles. The summed E-state index contributed by atoms with van der Waals surface area (Å²) in [7, 11) is 0. The van der Waals surface area contributed by atoms with Crippen LogP contribution in [-0.4, -0.2) is 38.8 Å². The molecular formula is C27H29ClN6O. The SMILES string of the molecule is CCc1ccc(C(C)NC(=O)C2CCN(c3ccc4nnc(-c5ccc(Cl)cc5)n4n3)CC2)cc1. The first-order valence-corrected chi connectivity index (χ1v) is 12.5. The van der Waals surface area contributed by atoms with Gasteiger partial charge in [-0.2, -0.15) is 4.52 Å². The fourth-order valence-corrected chi connectivity index (χ4v) is 4.68. The Kier molecular flexibility index (Phi) is 6.68. The van der Waals surface area contributed by atoms with E-state index in [0.29, 0.717) is 16.5 Å². The van der Waals surface area contributed by atoms with E-state index in [1.165, 1.54) is 5.56 Å². The van der Waals surface area contributed by atoms with Crippen molar-refractivity contribution in [3.05, 3.63) is 76.8 Å². The van der Waals surface area contributed by atoms with Crippen molar-refractivity contribution in [2.45, 2.75) is 39.2 Å². The van der Waals surface area contributed by atoms with Gasteiger partial charge in [0.1, 0.15) is 5.82 Å². The van der Waals surface area contributed by atoms with Crippen LogP contribution in [0.25, 0.3) is 17.0 Å². The minimum Gasteiger partial charge on any atom is -0.355 e. The highest BCUT2D eigenvalue weighted by molar-refractivity contribution is 6.30. The van der Waals surface area contributed by atoms with Gasteiger partial charge in [-0.15, -0.1) is 15.3 Å². The van der Waals surface area contributed by atoms with Crippen molar-refractivity contribution in [1.82, 2.24) is 25.1 Å². The molecule has 180 valence electrons. The summed E-state index contributed by atoms with van der Waals surface area (Å²) in [5.41, 5.74) is 4.03. The molecule has 1 N–H and O–H groups in total. The number of carbonyl (C=O) groups excluding carboxylic acids is 1. The summed E-state index contributed by atoms with van der Waals surface area (Å²) in [6.45, 7) is 5.73. The highest BCUT2D eigenvalue weighted by atomic mass is 35.5. The molecule has 8 heteroatoms. The van der Waals surface area contributed by atoms with E-state index in [-0.39, 0.29) is 17.9 Å². The zero-order valence-electron chi connectivity index (χ0n) is 20.0. The molecule has 0 aliphatic carbocycles. The molecule has 1 saturated heterocycles. The van der Waals surface area contributed by atoms with Crippen LogP contribution >= 0.6 is 11.6 Å². The van der Waals surface area contributed by atoms with Crippen LogP contribution in [0, 0.1) is 5.92 Å².